The lowest BCUT2D eigenvalue weighted by atomic mass is 10.0. The van der Waals surface area contributed by atoms with Gasteiger partial charge in [0.2, 0.25) is 0 Å². The molecule has 0 aliphatic heterocycles. The summed E-state index contributed by atoms with van der Waals surface area (Å²) in [5, 5.41) is 3.36. The molecule has 0 bridgehead atoms. The summed E-state index contributed by atoms with van der Waals surface area (Å²) in [7, 11) is 0. The van der Waals surface area contributed by atoms with Crippen LogP contribution >= 0.6 is 12.2 Å². The van der Waals surface area contributed by atoms with Crippen molar-refractivity contribution in [2.24, 2.45) is 0 Å². The fourth-order valence-corrected chi connectivity index (χ4v) is 2.21. The maximum absolute atomic E-state index is 11.8. The number of ether oxygens (including phenoxy) is 1. The first-order valence-corrected chi connectivity index (χ1v) is 8.55. The highest BCUT2D eigenvalue weighted by atomic mass is 32.1. The normalized spacial score (nSPS) is 10.2. The summed E-state index contributed by atoms with van der Waals surface area (Å²) >= 11 is 5.11. The molecule has 0 saturated carbocycles. The van der Waals surface area contributed by atoms with Crippen molar-refractivity contribution in [2.75, 3.05) is 6.61 Å². The molecule has 0 radical (unpaired) electrons. The van der Waals surface area contributed by atoms with Crippen LogP contribution in [-0.2, 0) is 11.3 Å². The van der Waals surface area contributed by atoms with Crippen molar-refractivity contribution in [3.05, 3.63) is 65.7 Å². The second-order valence-electron chi connectivity index (χ2n) is 5.85. The molecule has 5 nitrogen and oxygen atoms in total. The highest BCUT2D eigenvalue weighted by molar-refractivity contribution is 7.80. The summed E-state index contributed by atoms with van der Waals surface area (Å²) in [6, 6.07) is 17.6. The predicted octanol–water partition coefficient (Wildman–Crippen LogP) is 2.88. The fourth-order valence-electron chi connectivity index (χ4n) is 2.08. The maximum Gasteiger partial charge on any atom is 0.276 e. The largest absolute Gasteiger partial charge is 0.484 e. The van der Waals surface area contributed by atoms with Crippen LogP contribution in [0.1, 0.15) is 30.9 Å². The lowest BCUT2D eigenvalue weighted by molar-refractivity contribution is -0.123. The maximum atomic E-state index is 11.8. The van der Waals surface area contributed by atoms with Crippen molar-refractivity contribution in [1.82, 2.24) is 16.2 Å². The third-order valence-electron chi connectivity index (χ3n) is 3.53. The molecule has 25 heavy (non-hydrogen) atoms. The molecule has 0 spiro atoms. The van der Waals surface area contributed by atoms with Gasteiger partial charge >= 0.3 is 0 Å². The van der Waals surface area contributed by atoms with E-state index in [0.29, 0.717) is 23.3 Å². The fraction of sp³-hybridized carbons (Fsp3) is 0.263. The Morgan fingerprint density at radius 1 is 1.04 bits per heavy atom. The van der Waals surface area contributed by atoms with Crippen molar-refractivity contribution in [2.45, 2.75) is 26.3 Å². The van der Waals surface area contributed by atoms with Gasteiger partial charge in [0.05, 0.1) is 0 Å². The van der Waals surface area contributed by atoms with E-state index in [9.17, 15) is 4.79 Å². The number of hydrazine groups is 1. The van der Waals surface area contributed by atoms with Crippen LogP contribution in [0.2, 0.25) is 0 Å². The molecule has 1 amide bonds. The van der Waals surface area contributed by atoms with E-state index in [0.717, 1.165) is 5.56 Å². The zero-order chi connectivity index (χ0) is 18.1. The number of amides is 1. The number of carbonyl (C=O) groups excluding carboxylic acids is 1. The van der Waals surface area contributed by atoms with Crippen LogP contribution in [0, 0.1) is 0 Å². The van der Waals surface area contributed by atoms with Crippen LogP contribution in [0.4, 0.5) is 0 Å². The number of thiocarbonyl (C=S) groups is 1. The van der Waals surface area contributed by atoms with E-state index in [1.165, 1.54) is 5.56 Å². The number of rotatable bonds is 6. The summed E-state index contributed by atoms with van der Waals surface area (Å²) in [6.07, 6.45) is 0. The Labute approximate surface area is 153 Å². The predicted molar refractivity (Wildman–Crippen MR) is 103 cm³/mol. The Kier molecular flexibility index (Phi) is 7.22. The van der Waals surface area contributed by atoms with E-state index in [4.69, 9.17) is 17.0 Å². The molecule has 0 fully saturated rings. The lowest BCUT2D eigenvalue weighted by Gasteiger charge is -2.12. The van der Waals surface area contributed by atoms with E-state index in [2.05, 4.69) is 30.0 Å². The third kappa shape index (κ3) is 6.81. The minimum absolute atomic E-state index is 0.0880. The molecular weight excluding hydrogens is 334 g/mol. The van der Waals surface area contributed by atoms with Gasteiger partial charge in [-0.15, -0.1) is 0 Å². The Balaban J connectivity index is 1.65. The Hall–Kier alpha value is -2.60. The topological polar surface area (TPSA) is 62.4 Å². The van der Waals surface area contributed by atoms with Gasteiger partial charge in [0.15, 0.2) is 11.7 Å². The minimum atomic E-state index is -0.309. The van der Waals surface area contributed by atoms with Crippen LogP contribution in [0.15, 0.2) is 54.6 Å². The van der Waals surface area contributed by atoms with Gasteiger partial charge in [-0.1, -0.05) is 56.3 Å². The summed E-state index contributed by atoms with van der Waals surface area (Å²) in [5.41, 5.74) is 7.49. The van der Waals surface area contributed by atoms with Crippen LogP contribution in [0.25, 0.3) is 0 Å². The van der Waals surface area contributed by atoms with Gasteiger partial charge in [0.1, 0.15) is 5.75 Å². The van der Waals surface area contributed by atoms with Gasteiger partial charge in [0.25, 0.3) is 5.91 Å². The Morgan fingerprint density at radius 2 is 1.72 bits per heavy atom. The van der Waals surface area contributed by atoms with Gasteiger partial charge in [0, 0.05) is 6.54 Å². The monoisotopic (exact) mass is 357 g/mol. The molecule has 0 aromatic heterocycles. The molecule has 6 heteroatoms. The summed E-state index contributed by atoms with van der Waals surface area (Å²) in [4.78, 5) is 11.8. The molecule has 0 saturated heterocycles. The highest BCUT2D eigenvalue weighted by Gasteiger charge is 2.04. The van der Waals surface area contributed by atoms with Gasteiger partial charge in [-0.3, -0.25) is 15.6 Å². The van der Waals surface area contributed by atoms with Crippen molar-refractivity contribution >= 4 is 23.2 Å². The molecule has 0 unspecified atom stereocenters. The molecule has 0 atom stereocenters. The average Bonchev–Trinajstić information content (AvgIpc) is 2.64. The Morgan fingerprint density at radius 3 is 2.36 bits per heavy atom. The highest BCUT2D eigenvalue weighted by Crippen LogP contribution is 2.18. The zero-order valence-corrected chi connectivity index (χ0v) is 15.2. The van der Waals surface area contributed by atoms with Crippen LogP contribution < -0.4 is 20.9 Å². The quantitative estimate of drug-likeness (QED) is 0.548. The number of nitrogens with one attached hydrogen (secondary N) is 3. The molecule has 132 valence electrons. The van der Waals surface area contributed by atoms with Crippen LogP contribution in [-0.4, -0.2) is 17.6 Å². The van der Waals surface area contributed by atoms with Gasteiger partial charge < -0.3 is 10.1 Å². The first kappa shape index (κ1) is 18.7. The Bertz CT molecular complexity index is 688. The molecule has 0 heterocycles. The number of benzene rings is 2. The van der Waals surface area contributed by atoms with Gasteiger partial charge in [-0.05, 0) is 41.4 Å². The average molecular weight is 357 g/mol. The van der Waals surface area contributed by atoms with E-state index >= 15 is 0 Å². The zero-order valence-electron chi connectivity index (χ0n) is 14.4. The molecule has 0 aliphatic rings. The van der Waals surface area contributed by atoms with E-state index < -0.39 is 0 Å². The molecule has 2 rings (SSSR count). The first-order chi connectivity index (χ1) is 12.0. The van der Waals surface area contributed by atoms with Crippen molar-refractivity contribution in [3.8, 4) is 5.75 Å². The standard InChI is InChI=1S/C19H23N3O2S/c1-14(2)16-8-10-17(11-9-16)24-13-18(23)21-22-19(25)20-12-15-6-4-3-5-7-15/h3-11,14H,12-13H2,1-2H3,(H,21,23)(H2,20,22,25). The van der Waals surface area contributed by atoms with Crippen molar-refractivity contribution in [3.63, 3.8) is 0 Å². The number of hydrogen-bond acceptors (Lipinski definition) is 3. The second-order valence-corrected chi connectivity index (χ2v) is 6.26. The molecular formula is C19H23N3O2S. The van der Waals surface area contributed by atoms with E-state index in [-0.39, 0.29) is 12.5 Å². The molecule has 2 aromatic rings. The van der Waals surface area contributed by atoms with Crippen molar-refractivity contribution < 1.29 is 9.53 Å². The molecule has 3 N–H and O–H groups in total. The SMILES string of the molecule is CC(C)c1ccc(OCC(=O)NNC(=S)NCc2ccccc2)cc1. The first-order valence-electron chi connectivity index (χ1n) is 8.14. The molecule has 0 aliphatic carbocycles. The van der Waals surface area contributed by atoms with Gasteiger partial charge in [-0.2, -0.15) is 0 Å². The second kappa shape index (κ2) is 9.64. The summed E-state index contributed by atoms with van der Waals surface area (Å²) < 4.78 is 5.45. The van der Waals surface area contributed by atoms with Crippen LogP contribution in [0.3, 0.4) is 0 Å². The van der Waals surface area contributed by atoms with Crippen molar-refractivity contribution in [1.29, 1.82) is 0 Å². The summed E-state index contributed by atoms with van der Waals surface area (Å²) in [6.45, 7) is 4.75. The summed E-state index contributed by atoms with van der Waals surface area (Å²) in [5.74, 6) is 0.812. The van der Waals surface area contributed by atoms with E-state index in [1.54, 1.807) is 0 Å². The smallest absolute Gasteiger partial charge is 0.276 e. The van der Waals surface area contributed by atoms with E-state index in [1.807, 2.05) is 54.6 Å². The molecule has 2 aromatic carbocycles. The number of carbonyl (C=O) groups is 1. The lowest BCUT2D eigenvalue weighted by Crippen LogP contribution is -2.48. The third-order valence-corrected chi connectivity index (χ3v) is 3.77. The van der Waals surface area contributed by atoms with Gasteiger partial charge in [-0.25, -0.2) is 0 Å². The number of hydrogen-bond donors (Lipinski definition) is 3. The van der Waals surface area contributed by atoms with Crippen LogP contribution in [0.5, 0.6) is 5.75 Å². The minimum Gasteiger partial charge on any atom is -0.484 e.